The second kappa shape index (κ2) is 12.0. The molecular formula is C28H30N8O2. The number of carbonyl (C=O) groups is 1. The number of anilines is 4. The molecule has 4 heterocycles. The largest absolute Gasteiger partial charge is 0.465 e. The number of rotatable bonds is 9. The number of amides is 1. The number of piperazine rings is 1. The molecule has 10 heteroatoms. The first-order valence-electron chi connectivity index (χ1n) is 12.7. The van der Waals surface area contributed by atoms with E-state index in [0.717, 1.165) is 42.1 Å². The van der Waals surface area contributed by atoms with Crippen LogP contribution in [0, 0.1) is 0 Å². The van der Waals surface area contributed by atoms with Crippen molar-refractivity contribution in [3.05, 3.63) is 84.9 Å². The average Bonchev–Trinajstić information content (AvgIpc) is 2.96. The summed E-state index contributed by atoms with van der Waals surface area (Å²) in [5, 5.41) is 16.0. The van der Waals surface area contributed by atoms with Gasteiger partial charge in [-0.15, -0.1) is 0 Å². The summed E-state index contributed by atoms with van der Waals surface area (Å²) < 4.78 is 0. The third-order valence-electron chi connectivity index (χ3n) is 6.37. The lowest BCUT2D eigenvalue weighted by molar-refractivity contribution is 0.142. The molecule has 0 atom stereocenters. The highest BCUT2D eigenvalue weighted by Gasteiger charge is 2.21. The Morgan fingerprint density at radius 1 is 0.921 bits per heavy atom. The Kier molecular flexibility index (Phi) is 7.88. The van der Waals surface area contributed by atoms with Crippen LogP contribution in [0.5, 0.6) is 0 Å². The van der Waals surface area contributed by atoms with Crippen molar-refractivity contribution in [1.29, 1.82) is 0 Å². The number of hydrogen-bond donors (Lipinski definition) is 3. The summed E-state index contributed by atoms with van der Waals surface area (Å²) in [6.45, 7) is 2.91. The molecule has 10 nitrogen and oxygen atoms in total. The molecule has 3 N–H and O–H groups in total. The molecule has 1 aromatic carbocycles. The van der Waals surface area contributed by atoms with Gasteiger partial charge in [-0.05, 0) is 36.6 Å². The summed E-state index contributed by atoms with van der Waals surface area (Å²) in [7, 11) is 0. The van der Waals surface area contributed by atoms with Crippen molar-refractivity contribution in [2.75, 3.05) is 48.3 Å². The Labute approximate surface area is 221 Å². The summed E-state index contributed by atoms with van der Waals surface area (Å²) in [4.78, 5) is 32.6. The van der Waals surface area contributed by atoms with Gasteiger partial charge < -0.3 is 25.5 Å². The van der Waals surface area contributed by atoms with Crippen molar-refractivity contribution in [1.82, 2.24) is 24.8 Å². The highest BCUT2D eigenvalue weighted by atomic mass is 16.4. The van der Waals surface area contributed by atoms with Gasteiger partial charge in [0.1, 0.15) is 17.5 Å². The molecule has 4 aromatic rings. The molecule has 1 aliphatic heterocycles. The van der Waals surface area contributed by atoms with Gasteiger partial charge in [0.2, 0.25) is 0 Å². The minimum Gasteiger partial charge on any atom is -0.465 e. The van der Waals surface area contributed by atoms with E-state index >= 15 is 0 Å². The Morgan fingerprint density at radius 3 is 2.53 bits per heavy atom. The number of benzene rings is 1. The molecule has 38 heavy (non-hydrogen) atoms. The lowest BCUT2D eigenvalue weighted by atomic mass is 10.1. The van der Waals surface area contributed by atoms with E-state index in [2.05, 4.69) is 54.8 Å². The summed E-state index contributed by atoms with van der Waals surface area (Å²) >= 11 is 0. The van der Waals surface area contributed by atoms with Crippen LogP contribution in [0.15, 0.2) is 79.4 Å². The molecule has 0 radical (unpaired) electrons. The molecule has 1 aliphatic rings. The predicted molar refractivity (Wildman–Crippen MR) is 148 cm³/mol. The molecule has 3 aromatic heterocycles. The molecular weight excluding hydrogens is 480 g/mol. The van der Waals surface area contributed by atoms with E-state index in [0.29, 0.717) is 37.8 Å². The van der Waals surface area contributed by atoms with E-state index in [1.807, 2.05) is 30.3 Å². The minimum absolute atomic E-state index is 0.452. The zero-order chi connectivity index (χ0) is 26.2. The van der Waals surface area contributed by atoms with E-state index in [4.69, 9.17) is 4.98 Å². The first-order valence-corrected chi connectivity index (χ1v) is 12.7. The average molecular weight is 511 g/mol. The molecule has 0 bridgehead atoms. The maximum atomic E-state index is 11.3. The molecule has 5 rings (SSSR count). The molecule has 194 valence electrons. The number of aryl methyl sites for hydroxylation is 1. The number of pyridine rings is 2. The number of nitrogens with one attached hydrogen (secondary N) is 2. The normalized spacial score (nSPS) is 13.3. The number of hydrogen-bond acceptors (Lipinski definition) is 8. The Balaban J connectivity index is 1.34. The fraction of sp³-hybridized carbons (Fsp3) is 0.250. The highest BCUT2D eigenvalue weighted by molar-refractivity contribution is 5.71. The van der Waals surface area contributed by atoms with Gasteiger partial charge in [0.25, 0.3) is 0 Å². The Morgan fingerprint density at radius 2 is 1.76 bits per heavy atom. The molecule has 1 saturated heterocycles. The monoisotopic (exact) mass is 510 g/mol. The van der Waals surface area contributed by atoms with Crippen molar-refractivity contribution in [2.24, 2.45) is 0 Å². The van der Waals surface area contributed by atoms with Gasteiger partial charge in [0.05, 0.1) is 11.9 Å². The Hall–Kier alpha value is -4.73. The fourth-order valence-electron chi connectivity index (χ4n) is 4.39. The second-order valence-electron chi connectivity index (χ2n) is 9.02. The summed E-state index contributed by atoms with van der Waals surface area (Å²) in [6, 6.07) is 18.4. The van der Waals surface area contributed by atoms with Gasteiger partial charge in [-0.2, -0.15) is 0 Å². The van der Waals surface area contributed by atoms with Gasteiger partial charge in [-0.1, -0.05) is 30.3 Å². The first-order chi connectivity index (χ1) is 18.6. The number of carboxylic acid groups (broad SMARTS) is 1. The zero-order valence-electron chi connectivity index (χ0n) is 21.0. The lowest BCUT2D eigenvalue weighted by Gasteiger charge is -2.33. The molecule has 0 aliphatic carbocycles. The van der Waals surface area contributed by atoms with Crippen molar-refractivity contribution in [3.63, 3.8) is 0 Å². The van der Waals surface area contributed by atoms with E-state index in [1.54, 1.807) is 24.8 Å². The first kappa shape index (κ1) is 24.9. The van der Waals surface area contributed by atoms with Crippen LogP contribution in [0.25, 0.3) is 11.3 Å². The maximum absolute atomic E-state index is 11.3. The van der Waals surface area contributed by atoms with Crippen LogP contribution < -0.4 is 15.5 Å². The van der Waals surface area contributed by atoms with Crippen LogP contribution in [-0.4, -0.2) is 68.8 Å². The predicted octanol–water partition coefficient (Wildman–Crippen LogP) is 4.52. The van der Waals surface area contributed by atoms with E-state index in [9.17, 15) is 9.90 Å². The standard InChI is InChI=1S/C28H30N8O2/c37-28(38)36-15-13-35(14-16-36)27-17-22(8-10-32-27)24-18-23(30-9-4-7-21-5-2-1-3-6-21)19-25(33-24)34-26-20-29-11-12-31-26/h1-3,5-6,8,10-12,17-20H,4,7,9,13-16H2,(H,37,38)(H2,30,31,33,34). The van der Waals surface area contributed by atoms with Crippen LogP contribution in [0.2, 0.25) is 0 Å². The molecule has 0 saturated carbocycles. The minimum atomic E-state index is -0.883. The van der Waals surface area contributed by atoms with Crippen LogP contribution in [0.3, 0.4) is 0 Å². The van der Waals surface area contributed by atoms with Crippen molar-refractivity contribution in [2.45, 2.75) is 12.8 Å². The van der Waals surface area contributed by atoms with Crippen LogP contribution in [0.1, 0.15) is 12.0 Å². The van der Waals surface area contributed by atoms with Gasteiger partial charge in [-0.3, -0.25) is 4.98 Å². The van der Waals surface area contributed by atoms with Crippen LogP contribution in [0.4, 0.5) is 27.9 Å². The van der Waals surface area contributed by atoms with Crippen molar-refractivity contribution in [3.8, 4) is 11.3 Å². The third-order valence-corrected chi connectivity index (χ3v) is 6.37. The van der Waals surface area contributed by atoms with Crippen molar-refractivity contribution < 1.29 is 9.90 Å². The Bertz CT molecular complexity index is 1350. The topological polar surface area (TPSA) is 119 Å². The van der Waals surface area contributed by atoms with Crippen LogP contribution >= 0.6 is 0 Å². The number of aromatic nitrogens is 4. The smallest absolute Gasteiger partial charge is 0.407 e. The fourth-order valence-corrected chi connectivity index (χ4v) is 4.39. The van der Waals surface area contributed by atoms with Crippen molar-refractivity contribution >= 4 is 29.2 Å². The van der Waals surface area contributed by atoms with E-state index < -0.39 is 6.09 Å². The van der Waals surface area contributed by atoms with Gasteiger partial charge in [0.15, 0.2) is 0 Å². The SMILES string of the molecule is O=C(O)N1CCN(c2cc(-c3cc(NCCCc4ccccc4)cc(Nc4cnccn4)n3)ccn2)CC1. The summed E-state index contributed by atoms with van der Waals surface area (Å²) in [6.07, 6.45) is 7.80. The maximum Gasteiger partial charge on any atom is 0.407 e. The molecule has 1 fully saturated rings. The van der Waals surface area contributed by atoms with Gasteiger partial charge in [-0.25, -0.2) is 19.7 Å². The second-order valence-corrected chi connectivity index (χ2v) is 9.02. The molecule has 0 spiro atoms. The van der Waals surface area contributed by atoms with Gasteiger partial charge >= 0.3 is 6.09 Å². The van der Waals surface area contributed by atoms with Crippen LogP contribution in [-0.2, 0) is 6.42 Å². The quantitative estimate of drug-likeness (QED) is 0.279. The highest BCUT2D eigenvalue weighted by Crippen LogP contribution is 2.28. The summed E-state index contributed by atoms with van der Waals surface area (Å²) in [5.74, 6) is 2.07. The molecule has 0 unspecified atom stereocenters. The summed E-state index contributed by atoms with van der Waals surface area (Å²) in [5.41, 5.74) is 3.98. The van der Waals surface area contributed by atoms with Gasteiger partial charge in [0, 0.05) is 68.6 Å². The number of nitrogens with zero attached hydrogens (tertiary/aromatic N) is 6. The van der Waals surface area contributed by atoms with E-state index in [1.165, 1.54) is 10.5 Å². The van der Waals surface area contributed by atoms with E-state index in [-0.39, 0.29) is 0 Å². The lowest BCUT2D eigenvalue weighted by Crippen LogP contribution is -2.48. The third kappa shape index (κ3) is 6.52. The zero-order valence-corrected chi connectivity index (χ0v) is 21.0. The molecule has 1 amide bonds.